The number of thiazole rings is 1. The lowest BCUT2D eigenvalue weighted by atomic mass is 9.93. The van der Waals surface area contributed by atoms with Gasteiger partial charge in [0.25, 0.3) is 5.91 Å². The van der Waals surface area contributed by atoms with Gasteiger partial charge in [-0.15, -0.1) is 11.3 Å². The first-order chi connectivity index (χ1) is 12.8. The highest BCUT2D eigenvalue weighted by Gasteiger charge is 2.28. The smallest absolute Gasteiger partial charge is 0.254 e. The summed E-state index contributed by atoms with van der Waals surface area (Å²) in [5, 5.41) is 2.95. The van der Waals surface area contributed by atoms with E-state index in [4.69, 9.17) is 9.47 Å². The van der Waals surface area contributed by atoms with Crippen LogP contribution >= 0.6 is 11.3 Å². The molecule has 0 saturated heterocycles. The van der Waals surface area contributed by atoms with E-state index in [0.717, 1.165) is 30.0 Å². The molecule has 1 saturated carbocycles. The monoisotopic (exact) mass is 372 g/mol. The molecule has 2 aromatic rings. The van der Waals surface area contributed by atoms with Crippen molar-refractivity contribution in [1.29, 1.82) is 0 Å². The molecule has 1 aliphatic heterocycles. The third-order valence-electron chi connectivity index (χ3n) is 5.06. The van der Waals surface area contributed by atoms with E-state index >= 15 is 0 Å². The third kappa shape index (κ3) is 3.85. The number of hydrogen-bond acceptors (Lipinski definition) is 5. The predicted molar refractivity (Wildman–Crippen MR) is 101 cm³/mol. The maximum absolute atomic E-state index is 13.3. The van der Waals surface area contributed by atoms with E-state index in [1.54, 1.807) is 17.5 Å². The molecular formula is C20H24N2O3S. The third-order valence-corrected chi connectivity index (χ3v) is 5.82. The van der Waals surface area contributed by atoms with Crippen LogP contribution in [0.5, 0.6) is 11.5 Å². The number of benzene rings is 1. The van der Waals surface area contributed by atoms with Crippen molar-refractivity contribution in [2.45, 2.75) is 51.1 Å². The fraction of sp³-hybridized carbons (Fsp3) is 0.500. The Morgan fingerprint density at radius 1 is 1.12 bits per heavy atom. The van der Waals surface area contributed by atoms with Crippen LogP contribution in [0.2, 0.25) is 0 Å². The summed E-state index contributed by atoms with van der Waals surface area (Å²) in [7, 11) is 0. The van der Waals surface area contributed by atoms with Gasteiger partial charge in [0.2, 0.25) is 0 Å². The Morgan fingerprint density at radius 3 is 2.69 bits per heavy atom. The van der Waals surface area contributed by atoms with Crippen LogP contribution in [0.1, 0.15) is 53.9 Å². The summed E-state index contributed by atoms with van der Waals surface area (Å²) in [6.07, 6.45) is 8.44. The van der Waals surface area contributed by atoms with Gasteiger partial charge in [0.15, 0.2) is 11.5 Å². The van der Waals surface area contributed by atoms with Gasteiger partial charge in [-0.3, -0.25) is 4.79 Å². The van der Waals surface area contributed by atoms with Gasteiger partial charge in [0.05, 0.1) is 19.8 Å². The van der Waals surface area contributed by atoms with Crippen LogP contribution in [0.25, 0.3) is 0 Å². The Kier molecular flexibility index (Phi) is 5.39. The van der Waals surface area contributed by atoms with Crippen LogP contribution in [0.4, 0.5) is 0 Å². The predicted octanol–water partition coefficient (Wildman–Crippen LogP) is 4.28. The lowest BCUT2D eigenvalue weighted by molar-refractivity contribution is 0.0613. The topological polar surface area (TPSA) is 51.7 Å². The average Bonchev–Trinajstić information content (AvgIpc) is 3.09. The molecule has 1 aliphatic carbocycles. The number of carbonyl (C=O) groups excluding carboxylic acids is 1. The maximum atomic E-state index is 13.3. The van der Waals surface area contributed by atoms with Crippen molar-refractivity contribution in [2.24, 2.45) is 0 Å². The van der Waals surface area contributed by atoms with Crippen molar-refractivity contribution in [1.82, 2.24) is 9.88 Å². The molecule has 6 heteroatoms. The molecule has 1 aromatic heterocycles. The van der Waals surface area contributed by atoms with Crippen LogP contribution in [-0.2, 0) is 6.54 Å². The number of carbonyl (C=O) groups is 1. The summed E-state index contributed by atoms with van der Waals surface area (Å²) in [6.45, 7) is 1.85. The summed E-state index contributed by atoms with van der Waals surface area (Å²) in [4.78, 5) is 19.7. The van der Waals surface area contributed by atoms with Gasteiger partial charge < -0.3 is 14.4 Å². The second kappa shape index (κ2) is 8.08. The van der Waals surface area contributed by atoms with Crippen LogP contribution in [0.3, 0.4) is 0 Å². The molecule has 2 aliphatic rings. The van der Waals surface area contributed by atoms with Crippen molar-refractivity contribution in [3.05, 3.63) is 40.3 Å². The minimum Gasteiger partial charge on any atom is -0.490 e. The maximum Gasteiger partial charge on any atom is 0.254 e. The molecule has 26 heavy (non-hydrogen) atoms. The first-order valence-corrected chi connectivity index (χ1v) is 10.3. The Bertz CT molecular complexity index is 742. The second-order valence-electron chi connectivity index (χ2n) is 6.86. The molecule has 1 fully saturated rings. The van der Waals surface area contributed by atoms with E-state index in [9.17, 15) is 4.79 Å². The summed E-state index contributed by atoms with van der Waals surface area (Å²) >= 11 is 1.60. The van der Waals surface area contributed by atoms with Crippen LogP contribution in [0.15, 0.2) is 29.8 Å². The van der Waals surface area contributed by atoms with Gasteiger partial charge in [-0.05, 0) is 31.0 Å². The highest BCUT2D eigenvalue weighted by Crippen LogP contribution is 2.32. The molecule has 0 unspecified atom stereocenters. The zero-order chi connectivity index (χ0) is 17.8. The highest BCUT2D eigenvalue weighted by molar-refractivity contribution is 7.09. The minimum atomic E-state index is 0.0581. The SMILES string of the molecule is O=C(c1ccc2c(c1)OCCCO2)N(Cc1nccs1)C1CCCCC1. The quantitative estimate of drug-likeness (QED) is 0.804. The number of hydrogen-bond donors (Lipinski definition) is 0. The van der Waals surface area contributed by atoms with Crippen molar-refractivity contribution in [3.63, 3.8) is 0 Å². The molecule has 0 radical (unpaired) electrons. The number of ether oxygens (including phenoxy) is 2. The molecular weight excluding hydrogens is 348 g/mol. The first-order valence-electron chi connectivity index (χ1n) is 9.40. The molecule has 138 valence electrons. The number of rotatable bonds is 4. The minimum absolute atomic E-state index is 0.0581. The van der Waals surface area contributed by atoms with Gasteiger partial charge >= 0.3 is 0 Å². The lowest BCUT2D eigenvalue weighted by Gasteiger charge is -2.34. The fourth-order valence-electron chi connectivity index (χ4n) is 3.70. The van der Waals surface area contributed by atoms with Gasteiger partial charge in [-0.1, -0.05) is 19.3 Å². The van der Waals surface area contributed by atoms with Crippen LogP contribution in [0, 0.1) is 0 Å². The van der Waals surface area contributed by atoms with E-state index in [1.165, 1.54) is 19.3 Å². The van der Waals surface area contributed by atoms with Crippen molar-refractivity contribution >= 4 is 17.2 Å². The fourth-order valence-corrected chi connectivity index (χ4v) is 4.31. The van der Waals surface area contributed by atoms with Gasteiger partial charge in [0.1, 0.15) is 5.01 Å². The Balaban J connectivity index is 1.59. The first kappa shape index (κ1) is 17.3. The number of amides is 1. The Labute approximate surface area is 157 Å². The number of aromatic nitrogens is 1. The molecule has 4 rings (SSSR count). The Morgan fingerprint density at radius 2 is 1.92 bits per heavy atom. The second-order valence-corrected chi connectivity index (χ2v) is 7.84. The van der Waals surface area contributed by atoms with Crippen molar-refractivity contribution < 1.29 is 14.3 Å². The zero-order valence-corrected chi connectivity index (χ0v) is 15.7. The number of fused-ring (bicyclic) bond motifs is 1. The van der Waals surface area contributed by atoms with Gasteiger partial charge in [-0.25, -0.2) is 4.98 Å². The van der Waals surface area contributed by atoms with Crippen molar-refractivity contribution in [2.75, 3.05) is 13.2 Å². The van der Waals surface area contributed by atoms with Crippen LogP contribution in [-0.4, -0.2) is 35.0 Å². The molecule has 1 aromatic carbocycles. The average molecular weight is 372 g/mol. The van der Waals surface area contributed by atoms with Crippen molar-refractivity contribution in [3.8, 4) is 11.5 Å². The molecule has 0 atom stereocenters. The molecule has 0 bridgehead atoms. The molecule has 0 spiro atoms. The summed E-state index contributed by atoms with van der Waals surface area (Å²) < 4.78 is 11.5. The molecule has 1 amide bonds. The standard InChI is InChI=1S/C20H24N2O3S/c23-20(15-7-8-17-18(13-15)25-11-4-10-24-17)22(14-19-21-9-12-26-19)16-5-2-1-3-6-16/h7-9,12-13,16H,1-6,10-11,14H2. The largest absolute Gasteiger partial charge is 0.490 e. The molecule has 2 heterocycles. The van der Waals surface area contributed by atoms with Crippen LogP contribution < -0.4 is 9.47 Å². The molecule has 0 N–H and O–H groups in total. The summed E-state index contributed by atoms with van der Waals surface area (Å²) in [6, 6.07) is 5.83. The van der Waals surface area contributed by atoms with Gasteiger partial charge in [-0.2, -0.15) is 0 Å². The summed E-state index contributed by atoms with van der Waals surface area (Å²) in [5.74, 6) is 1.46. The molecule has 5 nitrogen and oxygen atoms in total. The van der Waals surface area contributed by atoms with E-state index in [0.29, 0.717) is 31.1 Å². The Hall–Kier alpha value is -2.08. The van der Waals surface area contributed by atoms with E-state index in [2.05, 4.69) is 4.98 Å². The highest BCUT2D eigenvalue weighted by atomic mass is 32.1. The van der Waals surface area contributed by atoms with Gasteiger partial charge in [0, 0.05) is 29.6 Å². The lowest BCUT2D eigenvalue weighted by Crippen LogP contribution is -2.41. The number of nitrogens with zero attached hydrogens (tertiary/aromatic N) is 2. The summed E-state index contributed by atoms with van der Waals surface area (Å²) in [5.41, 5.74) is 0.663. The van der Waals surface area contributed by atoms with E-state index in [1.807, 2.05) is 28.5 Å². The normalized spacial score (nSPS) is 17.5. The van der Waals surface area contributed by atoms with E-state index in [-0.39, 0.29) is 11.9 Å². The van der Waals surface area contributed by atoms with E-state index < -0.39 is 0 Å². The zero-order valence-electron chi connectivity index (χ0n) is 14.9.